The molecule has 1 saturated heterocycles. The van der Waals surface area contributed by atoms with Gasteiger partial charge in [-0.2, -0.15) is 0 Å². The molecule has 2 N–H and O–H groups in total. The Morgan fingerprint density at radius 2 is 1.91 bits per heavy atom. The smallest absolute Gasteiger partial charge is 0.338 e. The van der Waals surface area contributed by atoms with Crippen LogP contribution in [0.3, 0.4) is 0 Å². The molecule has 3 rings (SSSR count). The molecule has 0 radical (unpaired) electrons. The number of cyclic esters (lactones) is 1. The van der Waals surface area contributed by atoms with Crippen molar-refractivity contribution in [3.05, 3.63) is 41.5 Å². The summed E-state index contributed by atoms with van der Waals surface area (Å²) in [5, 5.41) is 5.28. The number of ether oxygens (including phenoxy) is 1. The van der Waals surface area contributed by atoms with Crippen LogP contribution in [0.25, 0.3) is 6.08 Å². The lowest BCUT2D eigenvalue weighted by Gasteiger charge is -2.27. The standard InChI is InChI=1S/C24H30N4O6/c1-15(29)28-13-7-12-20(28)22(31)26-19-14-34-24(33)17-10-5-4-8-16(17)9-6-11-18(25-21(19)30)23(32)27(2)3/h4-6,8-10,18-20H,7,11-14H2,1-3H3,(H,25,30)(H,26,31)/b9-6+/t18-,19-,20+/m1/s1. The number of fused-ring (bicyclic) bond motifs is 1. The second-order valence-electron chi connectivity index (χ2n) is 8.55. The SMILES string of the molecule is CC(=O)N1CCC[C@H]1C(=O)N[C@@H]1COC(=O)c2ccccc2/C=C/C[C@H](C(=O)N(C)C)NC1=O. The summed E-state index contributed by atoms with van der Waals surface area (Å²) in [5.41, 5.74) is 0.915. The van der Waals surface area contributed by atoms with Gasteiger partial charge in [-0.3, -0.25) is 19.2 Å². The van der Waals surface area contributed by atoms with Gasteiger partial charge in [-0.25, -0.2) is 4.79 Å². The van der Waals surface area contributed by atoms with Crippen LogP contribution in [0.4, 0.5) is 0 Å². The zero-order valence-corrected chi connectivity index (χ0v) is 19.6. The number of carbonyl (C=O) groups is 5. The maximum absolute atomic E-state index is 13.1. The molecule has 1 aromatic carbocycles. The average molecular weight is 471 g/mol. The topological polar surface area (TPSA) is 125 Å². The molecule has 10 heteroatoms. The lowest BCUT2D eigenvalue weighted by Crippen LogP contribution is -2.57. The van der Waals surface area contributed by atoms with Crippen LogP contribution in [0.5, 0.6) is 0 Å². The van der Waals surface area contributed by atoms with Crippen LogP contribution >= 0.6 is 0 Å². The van der Waals surface area contributed by atoms with E-state index in [9.17, 15) is 24.0 Å². The molecular formula is C24H30N4O6. The van der Waals surface area contributed by atoms with E-state index in [1.54, 1.807) is 50.5 Å². The van der Waals surface area contributed by atoms with Gasteiger partial charge >= 0.3 is 5.97 Å². The number of likely N-dealkylation sites (tertiary alicyclic amines) is 1. The lowest BCUT2D eigenvalue weighted by atomic mass is 10.0. The molecule has 0 spiro atoms. The lowest BCUT2D eigenvalue weighted by molar-refractivity contribution is -0.139. The van der Waals surface area contributed by atoms with Crippen molar-refractivity contribution in [3.63, 3.8) is 0 Å². The maximum atomic E-state index is 13.1. The van der Waals surface area contributed by atoms with Crippen molar-refractivity contribution < 1.29 is 28.7 Å². The number of hydrogen-bond acceptors (Lipinski definition) is 6. The van der Waals surface area contributed by atoms with Gasteiger partial charge < -0.3 is 25.2 Å². The molecule has 4 amide bonds. The summed E-state index contributed by atoms with van der Waals surface area (Å²) in [7, 11) is 3.17. The van der Waals surface area contributed by atoms with Crippen LogP contribution in [0, 0.1) is 0 Å². The van der Waals surface area contributed by atoms with Gasteiger partial charge in [0.25, 0.3) is 0 Å². The molecule has 1 aromatic rings. The molecule has 0 unspecified atom stereocenters. The van der Waals surface area contributed by atoms with Crippen molar-refractivity contribution in [1.29, 1.82) is 0 Å². The fourth-order valence-electron chi connectivity index (χ4n) is 4.07. The number of rotatable bonds is 3. The molecule has 0 aliphatic carbocycles. The van der Waals surface area contributed by atoms with E-state index in [-0.39, 0.29) is 18.2 Å². The van der Waals surface area contributed by atoms with Gasteiger partial charge in [0.1, 0.15) is 24.7 Å². The number of carbonyl (C=O) groups excluding carboxylic acids is 5. The quantitative estimate of drug-likeness (QED) is 0.614. The van der Waals surface area contributed by atoms with E-state index in [0.717, 1.165) is 0 Å². The highest BCUT2D eigenvalue weighted by Crippen LogP contribution is 2.18. The second-order valence-corrected chi connectivity index (χ2v) is 8.55. The first-order valence-corrected chi connectivity index (χ1v) is 11.2. The number of likely N-dealkylation sites (N-methyl/N-ethyl adjacent to an activating group) is 1. The largest absolute Gasteiger partial charge is 0.459 e. The number of nitrogens with one attached hydrogen (secondary N) is 2. The monoisotopic (exact) mass is 470 g/mol. The second kappa shape index (κ2) is 11.0. The summed E-state index contributed by atoms with van der Waals surface area (Å²) < 4.78 is 5.38. The number of amides is 4. The summed E-state index contributed by atoms with van der Waals surface area (Å²) in [6.45, 7) is 1.42. The Hall–Kier alpha value is -3.69. The van der Waals surface area contributed by atoms with Gasteiger partial charge in [-0.15, -0.1) is 0 Å². The molecule has 2 aliphatic rings. The Balaban J connectivity index is 1.88. The van der Waals surface area contributed by atoms with Crippen molar-refractivity contribution in [2.45, 2.75) is 44.3 Å². The van der Waals surface area contributed by atoms with Crippen LogP contribution in [0.15, 0.2) is 30.3 Å². The van der Waals surface area contributed by atoms with Gasteiger partial charge in [0, 0.05) is 27.6 Å². The van der Waals surface area contributed by atoms with Gasteiger partial charge in [-0.1, -0.05) is 30.4 Å². The fourth-order valence-corrected chi connectivity index (χ4v) is 4.07. The van der Waals surface area contributed by atoms with Crippen LogP contribution in [-0.2, 0) is 23.9 Å². The predicted octanol–water partition coefficient (Wildman–Crippen LogP) is 0.329. The van der Waals surface area contributed by atoms with E-state index in [4.69, 9.17) is 4.74 Å². The summed E-state index contributed by atoms with van der Waals surface area (Å²) in [6, 6.07) is 4.01. The van der Waals surface area contributed by atoms with Crippen molar-refractivity contribution in [2.24, 2.45) is 0 Å². The van der Waals surface area contributed by atoms with Crippen LogP contribution in [0.1, 0.15) is 42.1 Å². The molecule has 182 valence electrons. The molecule has 1 fully saturated rings. The van der Waals surface area contributed by atoms with Gasteiger partial charge in [0.05, 0.1) is 5.56 Å². The minimum absolute atomic E-state index is 0.188. The van der Waals surface area contributed by atoms with Crippen molar-refractivity contribution in [2.75, 3.05) is 27.2 Å². The third kappa shape index (κ3) is 5.81. The van der Waals surface area contributed by atoms with E-state index in [0.29, 0.717) is 30.5 Å². The highest BCUT2D eigenvalue weighted by atomic mass is 16.5. The molecule has 2 aliphatic heterocycles. The first kappa shape index (κ1) is 24.9. The molecule has 10 nitrogen and oxygen atoms in total. The highest BCUT2D eigenvalue weighted by molar-refractivity contribution is 5.96. The van der Waals surface area contributed by atoms with Gasteiger partial charge in [-0.05, 0) is 30.9 Å². The summed E-state index contributed by atoms with van der Waals surface area (Å²) in [5.74, 6) is -2.35. The third-order valence-corrected chi connectivity index (χ3v) is 5.88. The Morgan fingerprint density at radius 1 is 1.18 bits per heavy atom. The van der Waals surface area contributed by atoms with Gasteiger partial charge in [0.15, 0.2) is 0 Å². The minimum Gasteiger partial charge on any atom is -0.459 e. The van der Waals surface area contributed by atoms with Gasteiger partial charge in [0.2, 0.25) is 23.6 Å². The highest BCUT2D eigenvalue weighted by Gasteiger charge is 2.36. The van der Waals surface area contributed by atoms with E-state index in [2.05, 4.69) is 10.6 Å². The Bertz CT molecular complexity index is 1000. The van der Waals surface area contributed by atoms with E-state index < -0.39 is 42.5 Å². The minimum atomic E-state index is -1.24. The Labute approximate surface area is 198 Å². The Morgan fingerprint density at radius 3 is 2.62 bits per heavy atom. The van der Waals surface area contributed by atoms with Crippen molar-refractivity contribution in [1.82, 2.24) is 20.4 Å². The number of esters is 1. The predicted molar refractivity (Wildman–Crippen MR) is 123 cm³/mol. The molecule has 0 bridgehead atoms. The average Bonchev–Trinajstić information content (AvgIpc) is 3.30. The Kier molecular flexibility index (Phi) is 8.04. The summed E-state index contributed by atoms with van der Waals surface area (Å²) >= 11 is 0. The maximum Gasteiger partial charge on any atom is 0.338 e. The van der Waals surface area contributed by atoms with E-state index in [1.165, 1.54) is 16.7 Å². The molecule has 2 heterocycles. The fraction of sp³-hybridized carbons (Fsp3) is 0.458. The normalized spacial score (nSPS) is 24.0. The molecule has 34 heavy (non-hydrogen) atoms. The number of hydrogen-bond donors (Lipinski definition) is 2. The summed E-state index contributed by atoms with van der Waals surface area (Å²) in [6.07, 6.45) is 4.74. The zero-order chi connectivity index (χ0) is 24.8. The van der Waals surface area contributed by atoms with Crippen LogP contribution in [0.2, 0.25) is 0 Å². The molecule has 3 atom stereocenters. The van der Waals surface area contributed by atoms with Crippen LogP contribution in [-0.4, -0.2) is 84.8 Å². The van der Waals surface area contributed by atoms with Crippen molar-refractivity contribution >= 4 is 35.7 Å². The molecule has 0 aromatic heterocycles. The zero-order valence-electron chi connectivity index (χ0n) is 19.6. The molecular weight excluding hydrogens is 440 g/mol. The van der Waals surface area contributed by atoms with E-state index >= 15 is 0 Å². The first-order valence-electron chi connectivity index (χ1n) is 11.2. The number of nitrogens with zero attached hydrogens (tertiary/aromatic N) is 2. The van der Waals surface area contributed by atoms with E-state index in [1.807, 2.05) is 0 Å². The third-order valence-electron chi connectivity index (χ3n) is 5.88. The summed E-state index contributed by atoms with van der Waals surface area (Å²) in [4.78, 5) is 66.1. The first-order chi connectivity index (χ1) is 16.2. The number of benzene rings is 1. The van der Waals surface area contributed by atoms with Crippen molar-refractivity contribution in [3.8, 4) is 0 Å². The van der Waals surface area contributed by atoms with Crippen LogP contribution < -0.4 is 10.6 Å². The molecule has 0 saturated carbocycles.